The number of imide groups is 2. The lowest BCUT2D eigenvalue weighted by Crippen LogP contribution is -2.73. The molecule has 0 aromatic rings. The van der Waals surface area contributed by atoms with E-state index in [2.05, 4.69) is 5.16 Å². The number of likely N-dealkylation sites (N-methyl/N-ethyl adjacent to an activating group) is 3. The molecule has 2 rings (SSSR count). The van der Waals surface area contributed by atoms with E-state index < -0.39 is 35.5 Å². The van der Waals surface area contributed by atoms with E-state index in [1.807, 2.05) is 0 Å². The molecular formula is C16H23N5O8. The first-order chi connectivity index (χ1) is 13.5. The SMILES string of the molecule is CC(=O)OCCN(CCOC(C)=O)C1=NOC2(C(=O)N(C)C(=O)N(C)C2=O)N1C. The highest BCUT2D eigenvalue weighted by molar-refractivity contribution is 6.22. The zero-order valence-electron chi connectivity index (χ0n) is 16.8. The molecule has 1 fully saturated rings. The Morgan fingerprint density at radius 1 is 0.966 bits per heavy atom. The summed E-state index contributed by atoms with van der Waals surface area (Å²) in [7, 11) is 3.86. The van der Waals surface area contributed by atoms with Crippen LogP contribution in [0.5, 0.6) is 0 Å². The molecule has 2 aliphatic rings. The number of rotatable bonds is 6. The molecule has 0 saturated carbocycles. The molecule has 0 aromatic heterocycles. The molecule has 0 unspecified atom stereocenters. The van der Waals surface area contributed by atoms with Crippen molar-refractivity contribution in [2.75, 3.05) is 47.4 Å². The predicted molar refractivity (Wildman–Crippen MR) is 94.8 cm³/mol. The van der Waals surface area contributed by atoms with Crippen LogP contribution in [0.4, 0.5) is 4.79 Å². The Labute approximate surface area is 166 Å². The van der Waals surface area contributed by atoms with Gasteiger partial charge >= 0.3 is 35.5 Å². The second kappa shape index (κ2) is 8.32. The third-order valence-electron chi connectivity index (χ3n) is 4.41. The van der Waals surface area contributed by atoms with Crippen molar-refractivity contribution in [3.8, 4) is 0 Å². The maximum atomic E-state index is 12.8. The Morgan fingerprint density at radius 3 is 1.83 bits per heavy atom. The van der Waals surface area contributed by atoms with Crippen molar-refractivity contribution in [1.29, 1.82) is 0 Å². The van der Waals surface area contributed by atoms with Crippen molar-refractivity contribution < 1.29 is 38.3 Å². The fourth-order valence-electron chi connectivity index (χ4n) is 2.86. The molecule has 2 heterocycles. The number of nitrogens with zero attached hydrogens (tertiary/aromatic N) is 5. The summed E-state index contributed by atoms with van der Waals surface area (Å²) in [6.45, 7) is 2.71. The van der Waals surface area contributed by atoms with E-state index in [0.29, 0.717) is 0 Å². The van der Waals surface area contributed by atoms with Crippen LogP contribution in [0.1, 0.15) is 13.8 Å². The zero-order chi connectivity index (χ0) is 21.9. The number of ether oxygens (including phenoxy) is 2. The summed E-state index contributed by atoms with van der Waals surface area (Å²) in [5, 5.41) is 3.87. The minimum absolute atomic E-state index is 0.0184. The van der Waals surface area contributed by atoms with Gasteiger partial charge in [0.1, 0.15) is 13.2 Å². The first kappa shape index (κ1) is 21.9. The van der Waals surface area contributed by atoms with E-state index in [4.69, 9.17) is 14.3 Å². The van der Waals surface area contributed by atoms with E-state index in [-0.39, 0.29) is 32.3 Å². The molecule has 0 aliphatic carbocycles. The van der Waals surface area contributed by atoms with Crippen LogP contribution in [0.25, 0.3) is 0 Å². The van der Waals surface area contributed by atoms with Gasteiger partial charge in [-0.05, 0) is 5.16 Å². The van der Waals surface area contributed by atoms with Gasteiger partial charge in [-0.3, -0.25) is 33.9 Å². The highest BCUT2D eigenvalue weighted by Gasteiger charge is 2.65. The molecule has 29 heavy (non-hydrogen) atoms. The van der Waals surface area contributed by atoms with Crippen LogP contribution in [-0.2, 0) is 33.5 Å². The summed E-state index contributed by atoms with van der Waals surface area (Å²) >= 11 is 0. The number of barbiturate groups is 1. The van der Waals surface area contributed by atoms with E-state index in [9.17, 15) is 24.0 Å². The summed E-state index contributed by atoms with van der Waals surface area (Å²) in [5.41, 5.74) is -2.17. The molecular weight excluding hydrogens is 390 g/mol. The van der Waals surface area contributed by atoms with Crippen molar-refractivity contribution in [2.24, 2.45) is 5.16 Å². The van der Waals surface area contributed by atoms with Gasteiger partial charge in [0.15, 0.2) is 0 Å². The average Bonchev–Trinajstić information content (AvgIpc) is 3.00. The second-order valence-electron chi connectivity index (χ2n) is 6.36. The Bertz CT molecular complexity index is 722. The number of hydrogen-bond acceptors (Lipinski definition) is 11. The van der Waals surface area contributed by atoms with E-state index in [1.54, 1.807) is 0 Å². The summed E-state index contributed by atoms with van der Waals surface area (Å²) in [6, 6.07) is -0.794. The average molecular weight is 413 g/mol. The van der Waals surface area contributed by atoms with Crippen molar-refractivity contribution in [3.63, 3.8) is 0 Å². The lowest BCUT2D eigenvalue weighted by molar-refractivity contribution is -0.186. The normalized spacial score (nSPS) is 18.0. The van der Waals surface area contributed by atoms with Crippen molar-refractivity contribution >= 4 is 35.7 Å². The van der Waals surface area contributed by atoms with E-state index >= 15 is 0 Å². The Balaban J connectivity index is 2.25. The predicted octanol–water partition coefficient (Wildman–Crippen LogP) is -1.61. The third kappa shape index (κ3) is 3.93. The van der Waals surface area contributed by atoms with Crippen molar-refractivity contribution in [3.05, 3.63) is 0 Å². The molecule has 2 aliphatic heterocycles. The number of esters is 2. The number of amides is 4. The maximum absolute atomic E-state index is 12.8. The summed E-state index contributed by atoms with van der Waals surface area (Å²) in [4.78, 5) is 69.1. The number of carbonyl (C=O) groups excluding carboxylic acids is 5. The molecule has 1 spiro atoms. The number of hydrogen-bond donors (Lipinski definition) is 0. The minimum Gasteiger partial charge on any atom is -0.464 e. The smallest absolute Gasteiger partial charge is 0.370 e. The van der Waals surface area contributed by atoms with Gasteiger partial charge in [0.05, 0.1) is 13.1 Å². The molecule has 0 bridgehead atoms. The fourth-order valence-corrected chi connectivity index (χ4v) is 2.86. The van der Waals surface area contributed by atoms with Gasteiger partial charge < -0.3 is 19.2 Å². The van der Waals surface area contributed by atoms with Gasteiger partial charge in [0.2, 0.25) is 5.96 Å². The molecule has 0 radical (unpaired) electrons. The summed E-state index contributed by atoms with van der Waals surface area (Å²) in [5.74, 6) is -2.70. The third-order valence-corrected chi connectivity index (χ3v) is 4.41. The number of carbonyl (C=O) groups is 5. The van der Waals surface area contributed by atoms with E-state index in [0.717, 1.165) is 9.80 Å². The quantitative estimate of drug-likeness (QED) is 0.369. The Morgan fingerprint density at radius 2 is 1.41 bits per heavy atom. The number of urea groups is 1. The van der Waals surface area contributed by atoms with Crippen LogP contribution < -0.4 is 0 Å². The first-order valence-corrected chi connectivity index (χ1v) is 8.66. The summed E-state index contributed by atoms with van der Waals surface area (Å²) in [6.07, 6.45) is 0. The van der Waals surface area contributed by atoms with Gasteiger partial charge in [-0.2, -0.15) is 0 Å². The molecule has 13 nitrogen and oxygen atoms in total. The standard InChI is InChI=1S/C16H23N5O8/c1-10(22)27-8-6-21(7-9-28-11(2)23)14-17-29-16(20(14)5)12(24)18(3)15(26)19(4)13(16)25/h6-9H2,1-5H3. The fraction of sp³-hybridized carbons (Fsp3) is 0.625. The number of guanidine groups is 1. The van der Waals surface area contributed by atoms with Crippen LogP contribution in [0.15, 0.2) is 5.16 Å². The Kier molecular flexibility index (Phi) is 6.29. The lowest BCUT2D eigenvalue weighted by atomic mass is 10.1. The second-order valence-corrected chi connectivity index (χ2v) is 6.36. The molecule has 4 amide bonds. The van der Waals surface area contributed by atoms with Crippen LogP contribution in [0.3, 0.4) is 0 Å². The van der Waals surface area contributed by atoms with Gasteiger partial charge in [-0.1, -0.05) is 0 Å². The molecule has 0 aromatic carbocycles. The van der Waals surface area contributed by atoms with E-state index in [1.165, 1.54) is 44.8 Å². The highest BCUT2D eigenvalue weighted by atomic mass is 16.7. The minimum atomic E-state index is -2.17. The van der Waals surface area contributed by atoms with Gasteiger partial charge in [0, 0.05) is 35.0 Å². The maximum Gasteiger partial charge on any atom is 0.370 e. The van der Waals surface area contributed by atoms with Crippen LogP contribution >= 0.6 is 0 Å². The van der Waals surface area contributed by atoms with Gasteiger partial charge in [0.25, 0.3) is 0 Å². The lowest BCUT2D eigenvalue weighted by Gasteiger charge is -2.41. The van der Waals surface area contributed by atoms with Gasteiger partial charge in [-0.25, -0.2) is 4.79 Å². The monoisotopic (exact) mass is 413 g/mol. The highest BCUT2D eigenvalue weighted by Crippen LogP contribution is 2.32. The van der Waals surface area contributed by atoms with Crippen molar-refractivity contribution in [2.45, 2.75) is 19.6 Å². The van der Waals surface area contributed by atoms with Crippen molar-refractivity contribution in [1.82, 2.24) is 19.6 Å². The van der Waals surface area contributed by atoms with Crippen LogP contribution in [0, 0.1) is 0 Å². The van der Waals surface area contributed by atoms with Crippen LogP contribution in [0.2, 0.25) is 0 Å². The molecule has 13 heteroatoms. The first-order valence-electron chi connectivity index (χ1n) is 8.66. The number of oxime groups is 1. The van der Waals surface area contributed by atoms with Gasteiger partial charge in [-0.15, -0.1) is 0 Å². The topological polar surface area (TPSA) is 138 Å². The molecule has 0 atom stereocenters. The molecule has 0 N–H and O–H groups in total. The molecule has 1 saturated heterocycles. The van der Waals surface area contributed by atoms with Crippen LogP contribution in [-0.4, -0.2) is 109 Å². The zero-order valence-corrected chi connectivity index (χ0v) is 16.8. The Hall–Kier alpha value is -3.38. The molecule has 160 valence electrons. The largest absolute Gasteiger partial charge is 0.464 e. The summed E-state index contributed by atoms with van der Waals surface area (Å²) < 4.78 is 9.85.